The van der Waals surface area contributed by atoms with E-state index in [-0.39, 0.29) is 32.0 Å². The summed E-state index contributed by atoms with van der Waals surface area (Å²) in [6.45, 7) is 0.749. The Morgan fingerprint density at radius 3 is 2.24 bits per heavy atom. The fourth-order valence-corrected chi connectivity index (χ4v) is 2.80. The lowest BCUT2D eigenvalue weighted by Crippen LogP contribution is -2.58. The maximum Gasteiger partial charge on any atom is 0.326 e. The zero-order chi connectivity index (χ0) is 15.6. The van der Waals surface area contributed by atoms with E-state index in [2.05, 4.69) is 0 Å². The quantitative estimate of drug-likeness (QED) is 0.671. The zero-order valence-corrected chi connectivity index (χ0v) is 11.5. The van der Waals surface area contributed by atoms with E-state index in [1.54, 1.807) is 0 Å². The van der Waals surface area contributed by atoms with E-state index in [0.29, 0.717) is 12.8 Å². The summed E-state index contributed by atoms with van der Waals surface area (Å²) < 4.78 is 0. The van der Waals surface area contributed by atoms with E-state index in [4.69, 9.17) is 10.2 Å². The van der Waals surface area contributed by atoms with E-state index >= 15 is 0 Å². The van der Waals surface area contributed by atoms with Gasteiger partial charge in [-0.1, -0.05) is 0 Å². The number of carbonyl (C=O) groups is 4. The summed E-state index contributed by atoms with van der Waals surface area (Å²) in [4.78, 5) is 48.2. The van der Waals surface area contributed by atoms with Crippen LogP contribution < -0.4 is 0 Å². The van der Waals surface area contributed by atoms with Gasteiger partial charge in [0.15, 0.2) is 0 Å². The third-order valence-electron chi connectivity index (χ3n) is 3.94. The number of hydrogen-bond acceptors (Lipinski definition) is 4. The molecule has 2 fully saturated rings. The molecule has 0 spiro atoms. The van der Waals surface area contributed by atoms with Crippen molar-refractivity contribution in [1.82, 2.24) is 9.80 Å². The Kier molecular flexibility index (Phi) is 4.44. The summed E-state index contributed by atoms with van der Waals surface area (Å²) in [5.41, 5.74) is 0. The van der Waals surface area contributed by atoms with Gasteiger partial charge in [-0.15, -0.1) is 0 Å². The summed E-state index contributed by atoms with van der Waals surface area (Å²) in [7, 11) is 0. The molecular weight excluding hydrogens is 280 g/mol. The second-order valence-corrected chi connectivity index (χ2v) is 5.52. The van der Waals surface area contributed by atoms with Gasteiger partial charge < -0.3 is 20.0 Å². The maximum absolute atomic E-state index is 12.1. The Labute approximate surface area is 121 Å². The van der Waals surface area contributed by atoms with E-state index in [1.807, 2.05) is 0 Å². The van der Waals surface area contributed by atoms with Gasteiger partial charge in [0.25, 0.3) is 0 Å². The van der Waals surface area contributed by atoms with Gasteiger partial charge in [0.1, 0.15) is 6.04 Å². The third kappa shape index (κ3) is 3.32. The topological polar surface area (TPSA) is 115 Å². The van der Waals surface area contributed by atoms with Crippen LogP contribution in [0.3, 0.4) is 0 Å². The lowest BCUT2D eigenvalue weighted by Gasteiger charge is -2.40. The van der Waals surface area contributed by atoms with Gasteiger partial charge in [-0.3, -0.25) is 14.4 Å². The van der Waals surface area contributed by atoms with Crippen LogP contribution in [0, 0.1) is 5.92 Å². The minimum absolute atomic E-state index is 0.0283. The molecule has 8 nitrogen and oxygen atoms in total. The van der Waals surface area contributed by atoms with E-state index in [0.717, 1.165) is 11.3 Å². The van der Waals surface area contributed by atoms with Crippen LogP contribution in [0.1, 0.15) is 25.7 Å². The van der Waals surface area contributed by atoms with E-state index in [9.17, 15) is 19.2 Å². The monoisotopic (exact) mass is 298 g/mol. The van der Waals surface area contributed by atoms with Crippen molar-refractivity contribution in [2.45, 2.75) is 31.7 Å². The van der Waals surface area contributed by atoms with Gasteiger partial charge in [-0.05, 0) is 19.3 Å². The zero-order valence-electron chi connectivity index (χ0n) is 11.5. The molecule has 2 N–H and O–H groups in total. The van der Waals surface area contributed by atoms with Gasteiger partial charge in [0.2, 0.25) is 0 Å². The fourth-order valence-electron chi connectivity index (χ4n) is 2.80. The summed E-state index contributed by atoms with van der Waals surface area (Å²) in [5, 5.41) is 17.7. The van der Waals surface area contributed by atoms with Crippen molar-refractivity contribution >= 4 is 23.8 Å². The SMILES string of the molecule is O=C(O)CC1CN(C(=O)C(=O)N2CCCC[C@@H]2C(=O)O)C1. The van der Waals surface area contributed by atoms with E-state index < -0.39 is 29.8 Å². The highest BCUT2D eigenvalue weighted by atomic mass is 16.4. The number of carboxylic acids is 2. The molecule has 116 valence electrons. The van der Waals surface area contributed by atoms with Gasteiger partial charge >= 0.3 is 23.8 Å². The predicted octanol–water partition coefficient (Wildman–Crippen LogP) is -0.615. The van der Waals surface area contributed by atoms with Crippen LogP contribution in [-0.2, 0) is 19.2 Å². The largest absolute Gasteiger partial charge is 0.481 e. The standard InChI is InChI=1S/C13H18N2O6/c16-10(17)5-8-6-14(7-8)11(18)12(19)15-4-2-1-3-9(15)13(20)21/h8-9H,1-7H2,(H,16,17)(H,20,21)/t9-/m1/s1. The van der Waals surface area contributed by atoms with Gasteiger partial charge in [0.05, 0.1) is 6.42 Å². The number of amides is 2. The molecule has 8 heteroatoms. The molecule has 2 rings (SSSR count). The summed E-state index contributed by atoms with van der Waals surface area (Å²) in [6.07, 6.45) is 1.74. The van der Waals surface area contributed by atoms with Crippen LogP contribution in [0.4, 0.5) is 0 Å². The van der Waals surface area contributed by atoms with Crippen LogP contribution >= 0.6 is 0 Å². The minimum atomic E-state index is -1.09. The van der Waals surface area contributed by atoms with Crippen LogP contribution in [-0.4, -0.2) is 69.4 Å². The highest BCUT2D eigenvalue weighted by molar-refractivity contribution is 6.35. The lowest BCUT2D eigenvalue weighted by molar-refractivity contribution is -0.162. The highest BCUT2D eigenvalue weighted by Gasteiger charge is 2.40. The van der Waals surface area contributed by atoms with Crippen molar-refractivity contribution in [3.05, 3.63) is 0 Å². The number of hydrogen-bond donors (Lipinski definition) is 2. The number of rotatable bonds is 3. The predicted molar refractivity (Wildman–Crippen MR) is 69.3 cm³/mol. The van der Waals surface area contributed by atoms with E-state index in [1.165, 1.54) is 4.90 Å². The molecule has 0 aliphatic carbocycles. The molecule has 2 amide bonds. The molecule has 2 heterocycles. The lowest BCUT2D eigenvalue weighted by atomic mass is 9.96. The number of aliphatic carboxylic acids is 2. The molecule has 0 saturated carbocycles. The number of likely N-dealkylation sites (tertiary alicyclic amines) is 2. The molecule has 0 unspecified atom stereocenters. The first-order chi connectivity index (χ1) is 9.90. The first kappa shape index (κ1) is 15.3. The van der Waals surface area contributed by atoms with Crippen molar-refractivity contribution in [3.63, 3.8) is 0 Å². The molecular formula is C13H18N2O6. The Bertz CT molecular complexity index is 471. The Morgan fingerprint density at radius 1 is 1.00 bits per heavy atom. The van der Waals surface area contributed by atoms with Crippen LogP contribution in [0.25, 0.3) is 0 Å². The minimum Gasteiger partial charge on any atom is -0.481 e. The highest BCUT2D eigenvalue weighted by Crippen LogP contribution is 2.22. The summed E-state index contributed by atoms with van der Waals surface area (Å²) in [5.74, 6) is -3.68. The molecule has 2 aliphatic heterocycles. The van der Waals surface area contributed by atoms with Gasteiger partial charge in [-0.2, -0.15) is 0 Å². The van der Waals surface area contributed by atoms with Crippen LogP contribution in [0.2, 0.25) is 0 Å². The number of piperidine rings is 1. The van der Waals surface area contributed by atoms with Crippen molar-refractivity contribution in [2.75, 3.05) is 19.6 Å². The van der Waals surface area contributed by atoms with Crippen molar-refractivity contribution < 1.29 is 29.4 Å². The number of carboxylic acid groups (broad SMARTS) is 2. The Hall–Kier alpha value is -2.12. The van der Waals surface area contributed by atoms with Crippen LogP contribution in [0.5, 0.6) is 0 Å². The normalized spacial score (nSPS) is 22.6. The second-order valence-electron chi connectivity index (χ2n) is 5.52. The van der Waals surface area contributed by atoms with Crippen LogP contribution in [0.15, 0.2) is 0 Å². The Morgan fingerprint density at radius 2 is 1.67 bits per heavy atom. The molecule has 0 bridgehead atoms. The molecule has 0 radical (unpaired) electrons. The van der Waals surface area contributed by atoms with Crippen molar-refractivity contribution in [3.8, 4) is 0 Å². The number of nitrogens with zero attached hydrogens (tertiary/aromatic N) is 2. The first-order valence-corrected chi connectivity index (χ1v) is 6.94. The molecule has 2 aliphatic rings. The second kappa shape index (κ2) is 6.11. The van der Waals surface area contributed by atoms with Crippen molar-refractivity contribution in [1.29, 1.82) is 0 Å². The summed E-state index contributed by atoms with van der Waals surface area (Å²) >= 11 is 0. The molecule has 21 heavy (non-hydrogen) atoms. The molecule has 0 aromatic carbocycles. The van der Waals surface area contributed by atoms with Gasteiger partial charge in [-0.25, -0.2) is 4.79 Å². The Balaban J connectivity index is 1.92. The number of carbonyl (C=O) groups excluding carboxylic acids is 2. The third-order valence-corrected chi connectivity index (χ3v) is 3.94. The maximum atomic E-state index is 12.1. The first-order valence-electron chi connectivity index (χ1n) is 6.94. The fraction of sp³-hybridized carbons (Fsp3) is 0.692. The molecule has 2 saturated heterocycles. The average Bonchev–Trinajstić information content (AvgIpc) is 2.40. The average molecular weight is 298 g/mol. The summed E-state index contributed by atoms with van der Waals surface area (Å²) in [6, 6.07) is -0.939. The van der Waals surface area contributed by atoms with Crippen molar-refractivity contribution in [2.24, 2.45) is 5.92 Å². The molecule has 0 aromatic heterocycles. The molecule has 0 aromatic rings. The smallest absolute Gasteiger partial charge is 0.326 e. The molecule has 1 atom stereocenters. The van der Waals surface area contributed by atoms with Gasteiger partial charge in [0, 0.05) is 25.6 Å².